The van der Waals surface area contributed by atoms with Crippen LogP contribution in [-0.2, 0) is 0 Å². The van der Waals surface area contributed by atoms with Crippen molar-refractivity contribution in [2.24, 2.45) is 0 Å². The molecule has 1 aromatic heterocycles. The monoisotopic (exact) mass is 262 g/mol. The van der Waals surface area contributed by atoms with Gasteiger partial charge in [0.05, 0.1) is 11.6 Å². The van der Waals surface area contributed by atoms with Crippen molar-refractivity contribution in [1.29, 1.82) is 0 Å². The van der Waals surface area contributed by atoms with Crippen LogP contribution in [0.15, 0.2) is 60.8 Å². The molecule has 2 nitrogen and oxygen atoms in total. The third-order valence-corrected chi connectivity index (χ3v) is 3.75. The van der Waals surface area contributed by atoms with E-state index in [2.05, 4.69) is 65.8 Å². The minimum atomic E-state index is 0.197. The molecule has 100 valence electrons. The molecule has 0 fully saturated rings. The standard InChI is InChI=1S/C18H18N2/c1-13-6-3-4-8-16(13)18(19-2)15-10-9-14-7-5-11-20-17(14)12-15/h3-12,18-19H,1-2H3. The highest BCUT2D eigenvalue weighted by molar-refractivity contribution is 5.79. The van der Waals surface area contributed by atoms with Gasteiger partial charge in [-0.25, -0.2) is 0 Å². The van der Waals surface area contributed by atoms with E-state index < -0.39 is 0 Å². The lowest BCUT2D eigenvalue weighted by atomic mass is 9.94. The fourth-order valence-electron chi connectivity index (χ4n) is 2.68. The maximum Gasteiger partial charge on any atom is 0.0705 e. The molecule has 1 N–H and O–H groups in total. The minimum Gasteiger partial charge on any atom is -0.309 e. The molecule has 0 spiro atoms. The number of pyridine rings is 1. The predicted molar refractivity (Wildman–Crippen MR) is 83.8 cm³/mol. The third kappa shape index (κ3) is 2.30. The van der Waals surface area contributed by atoms with Gasteiger partial charge in [0, 0.05) is 11.6 Å². The number of nitrogens with one attached hydrogen (secondary N) is 1. The van der Waals surface area contributed by atoms with Crippen molar-refractivity contribution in [3.8, 4) is 0 Å². The molecule has 20 heavy (non-hydrogen) atoms. The van der Waals surface area contributed by atoms with Gasteiger partial charge in [0.1, 0.15) is 0 Å². The molecule has 0 bridgehead atoms. The lowest BCUT2D eigenvalue weighted by molar-refractivity contribution is 0.688. The molecule has 1 atom stereocenters. The van der Waals surface area contributed by atoms with Crippen LogP contribution in [0.2, 0.25) is 0 Å². The molecule has 0 aliphatic heterocycles. The van der Waals surface area contributed by atoms with Crippen molar-refractivity contribution in [3.63, 3.8) is 0 Å². The number of benzene rings is 2. The second-order valence-electron chi connectivity index (χ2n) is 5.03. The molecule has 0 aliphatic carbocycles. The van der Waals surface area contributed by atoms with Crippen LogP contribution >= 0.6 is 0 Å². The Balaban J connectivity index is 2.10. The van der Waals surface area contributed by atoms with Crippen molar-refractivity contribution in [1.82, 2.24) is 10.3 Å². The summed E-state index contributed by atoms with van der Waals surface area (Å²) in [5.41, 5.74) is 4.89. The summed E-state index contributed by atoms with van der Waals surface area (Å²) in [6.45, 7) is 2.15. The fraction of sp³-hybridized carbons (Fsp3) is 0.167. The number of hydrogen-bond acceptors (Lipinski definition) is 2. The maximum absolute atomic E-state index is 4.45. The van der Waals surface area contributed by atoms with Gasteiger partial charge in [-0.15, -0.1) is 0 Å². The van der Waals surface area contributed by atoms with Crippen LogP contribution in [-0.4, -0.2) is 12.0 Å². The normalized spacial score (nSPS) is 12.5. The minimum absolute atomic E-state index is 0.197. The molecule has 3 aromatic rings. The summed E-state index contributed by atoms with van der Waals surface area (Å²) < 4.78 is 0. The van der Waals surface area contributed by atoms with E-state index >= 15 is 0 Å². The van der Waals surface area contributed by atoms with Gasteiger partial charge in [-0.1, -0.05) is 42.5 Å². The van der Waals surface area contributed by atoms with E-state index in [4.69, 9.17) is 0 Å². The topological polar surface area (TPSA) is 24.9 Å². The number of aromatic nitrogens is 1. The summed E-state index contributed by atoms with van der Waals surface area (Å²) in [5.74, 6) is 0. The highest BCUT2D eigenvalue weighted by Crippen LogP contribution is 2.26. The van der Waals surface area contributed by atoms with E-state index in [1.54, 1.807) is 0 Å². The third-order valence-electron chi connectivity index (χ3n) is 3.75. The average molecular weight is 262 g/mol. The van der Waals surface area contributed by atoms with Crippen LogP contribution < -0.4 is 5.32 Å². The van der Waals surface area contributed by atoms with E-state index in [0.717, 1.165) is 5.52 Å². The SMILES string of the molecule is CNC(c1ccc2cccnc2c1)c1ccccc1C. The summed E-state index contributed by atoms with van der Waals surface area (Å²) in [4.78, 5) is 4.45. The molecule has 3 rings (SSSR count). The second kappa shape index (κ2) is 5.43. The van der Waals surface area contributed by atoms with Crippen molar-refractivity contribution in [2.45, 2.75) is 13.0 Å². The molecule has 1 unspecified atom stereocenters. The second-order valence-corrected chi connectivity index (χ2v) is 5.03. The molecule has 2 aromatic carbocycles. The number of rotatable bonds is 3. The Morgan fingerprint density at radius 1 is 1.00 bits per heavy atom. The first-order chi connectivity index (χ1) is 9.79. The van der Waals surface area contributed by atoms with Crippen LogP contribution in [0.4, 0.5) is 0 Å². The van der Waals surface area contributed by atoms with E-state index in [-0.39, 0.29) is 6.04 Å². The smallest absolute Gasteiger partial charge is 0.0705 e. The zero-order valence-electron chi connectivity index (χ0n) is 11.8. The molecular weight excluding hydrogens is 244 g/mol. The lowest BCUT2D eigenvalue weighted by Crippen LogP contribution is -2.18. The molecular formula is C18H18N2. The largest absolute Gasteiger partial charge is 0.309 e. The Morgan fingerprint density at radius 2 is 1.85 bits per heavy atom. The zero-order chi connectivity index (χ0) is 13.9. The van der Waals surface area contributed by atoms with E-state index in [1.807, 2.05) is 19.3 Å². The van der Waals surface area contributed by atoms with Crippen LogP contribution in [0.3, 0.4) is 0 Å². The van der Waals surface area contributed by atoms with Crippen LogP contribution in [0.1, 0.15) is 22.7 Å². The number of fused-ring (bicyclic) bond motifs is 1. The van der Waals surface area contributed by atoms with Crippen LogP contribution in [0.5, 0.6) is 0 Å². The van der Waals surface area contributed by atoms with Gasteiger partial charge >= 0.3 is 0 Å². The van der Waals surface area contributed by atoms with Crippen LogP contribution in [0.25, 0.3) is 10.9 Å². The Labute approximate surface area is 119 Å². The number of aryl methyl sites for hydroxylation is 1. The zero-order valence-corrected chi connectivity index (χ0v) is 11.8. The van der Waals surface area contributed by atoms with Gasteiger partial charge in [0.2, 0.25) is 0 Å². The number of hydrogen-bond donors (Lipinski definition) is 1. The summed E-state index contributed by atoms with van der Waals surface area (Å²) in [6, 6.07) is 19.2. The summed E-state index contributed by atoms with van der Waals surface area (Å²) >= 11 is 0. The predicted octanol–water partition coefficient (Wildman–Crippen LogP) is 3.85. The first-order valence-corrected chi connectivity index (χ1v) is 6.87. The molecule has 0 saturated heterocycles. The quantitative estimate of drug-likeness (QED) is 0.775. The highest BCUT2D eigenvalue weighted by atomic mass is 14.9. The van der Waals surface area contributed by atoms with Gasteiger partial charge < -0.3 is 5.32 Å². The fourth-order valence-corrected chi connectivity index (χ4v) is 2.68. The van der Waals surface area contributed by atoms with Crippen molar-refractivity contribution < 1.29 is 0 Å². The van der Waals surface area contributed by atoms with E-state index in [1.165, 1.54) is 22.1 Å². The van der Waals surface area contributed by atoms with Gasteiger partial charge in [-0.05, 0) is 42.8 Å². The summed E-state index contributed by atoms with van der Waals surface area (Å²) in [6.07, 6.45) is 1.84. The first-order valence-electron chi connectivity index (χ1n) is 6.87. The molecule has 1 heterocycles. The van der Waals surface area contributed by atoms with Crippen molar-refractivity contribution >= 4 is 10.9 Å². The van der Waals surface area contributed by atoms with Gasteiger partial charge in [0.25, 0.3) is 0 Å². The van der Waals surface area contributed by atoms with Crippen molar-refractivity contribution in [3.05, 3.63) is 77.5 Å². The highest BCUT2D eigenvalue weighted by Gasteiger charge is 2.14. The molecule has 0 saturated carbocycles. The van der Waals surface area contributed by atoms with Crippen molar-refractivity contribution in [2.75, 3.05) is 7.05 Å². The van der Waals surface area contributed by atoms with E-state index in [9.17, 15) is 0 Å². The van der Waals surface area contributed by atoms with Gasteiger partial charge in [-0.2, -0.15) is 0 Å². The Hall–Kier alpha value is -2.19. The van der Waals surface area contributed by atoms with Crippen LogP contribution in [0, 0.1) is 6.92 Å². The number of nitrogens with zero attached hydrogens (tertiary/aromatic N) is 1. The Kier molecular flexibility index (Phi) is 3.48. The lowest BCUT2D eigenvalue weighted by Gasteiger charge is -2.19. The van der Waals surface area contributed by atoms with Gasteiger partial charge in [0.15, 0.2) is 0 Å². The summed E-state index contributed by atoms with van der Waals surface area (Å²) in [5, 5.41) is 4.59. The molecule has 0 radical (unpaired) electrons. The Morgan fingerprint density at radius 3 is 2.65 bits per heavy atom. The first kappa shape index (κ1) is 12.8. The maximum atomic E-state index is 4.45. The summed E-state index contributed by atoms with van der Waals surface area (Å²) in [7, 11) is 2.00. The molecule has 0 amide bonds. The molecule has 2 heteroatoms. The molecule has 0 aliphatic rings. The average Bonchev–Trinajstić information content (AvgIpc) is 2.50. The Bertz CT molecular complexity index is 734. The van der Waals surface area contributed by atoms with E-state index in [0.29, 0.717) is 0 Å². The van der Waals surface area contributed by atoms with Gasteiger partial charge in [-0.3, -0.25) is 4.98 Å².